The molecule has 1 aliphatic heterocycles. The highest BCUT2D eigenvalue weighted by Gasteiger charge is 2.15. The molecule has 0 unspecified atom stereocenters. The second kappa shape index (κ2) is 7.54. The van der Waals surface area contributed by atoms with Crippen molar-refractivity contribution in [3.8, 4) is 0 Å². The van der Waals surface area contributed by atoms with Crippen molar-refractivity contribution in [1.82, 2.24) is 4.90 Å². The molecule has 1 saturated heterocycles. The molecule has 1 fully saturated rings. The van der Waals surface area contributed by atoms with Gasteiger partial charge in [0.25, 0.3) is 6.43 Å². The first-order chi connectivity index (χ1) is 7.70. The molecular weight excluding hydrogens is 216 g/mol. The van der Waals surface area contributed by atoms with Crippen LogP contribution in [-0.2, 0) is 9.53 Å². The Labute approximate surface area is 94.7 Å². The van der Waals surface area contributed by atoms with E-state index in [0.29, 0.717) is 0 Å². The van der Waals surface area contributed by atoms with Gasteiger partial charge in [0.1, 0.15) is 6.61 Å². The third kappa shape index (κ3) is 5.39. The number of hydrogen-bond donors (Lipinski definition) is 0. The van der Waals surface area contributed by atoms with Crippen molar-refractivity contribution in [3.63, 3.8) is 0 Å². The molecule has 0 aromatic carbocycles. The minimum absolute atomic E-state index is 0.0242. The van der Waals surface area contributed by atoms with Gasteiger partial charge in [0.2, 0.25) is 5.91 Å². The minimum atomic E-state index is -2.45. The number of alkyl halides is 2. The summed E-state index contributed by atoms with van der Waals surface area (Å²) >= 11 is 0. The first-order valence-corrected chi connectivity index (χ1v) is 5.84. The maximum atomic E-state index is 11.7. The molecule has 16 heavy (non-hydrogen) atoms. The number of likely N-dealkylation sites (tertiary alicyclic amines) is 1. The summed E-state index contributed by atoms with van der Waals surface area (Å²) in [4.78, 5) is 13.5. The second-order valence-electron chi connectivity index (χ2n) is 4.01. The Hall–Kier alpha value is -0.710. The van der Waals surface area contributed by atoms with Crippen LogP contribution in [0.4, 0.5) is 8.78 Å². The Morgan fingerprint density at radius 2 is 1.81 bits per heavy atom. The van der Waals surface area contributed by atoms with Gasteiger partial charge in [0.05, 0.1) is 13.0 Å². The van der Waals surface area contributed by atoms with Crippen LogP contribution >= 0.6 is 0 Å². The Morgan fingerprint density at radius 1 is 1.19 bits per heavy atom. The monoisotopic (exact) mass is 235 g/mol. The van der Waals surface area contributed by atoms with Crippen LogP contribution in [0.15, 0.2) is 0 Å². The second-order valence-corrected chi connectivity index (χ2v) is 4.01. The molecule has 0 saturated carbocycles. The zero-order valence-electron chi connectivity index (χ0n) is 9.46. The molecule has 3 nitrogen and oxygen atoms in total. The molecule has 1 aliphatic rings. The molecule has 0 spiro atoms. The van der Waals surface area contributed by atoms with Gasteiger partial charge < -0.3 is 9.64 Å². The van der Waals surface area contributed by atoms with E-state index < -0.39 is 13.0 Å². The molecule has 1 heterocycles. The Kier molecular flexibility index (Phi) is 6.30. The summed E-state index contributed by atoms with van der Waals surface area (Å²) in [6, 6.07) is 0. The summed E-state index contributed by atoms with van der Waals surface area (Å²) in [6.07, 6.45) is 2.20. The van der Waals surface area contributed by atoms with Gasteiger partial charge in [-0.15, -0.1) is 0 Å². The van der Waals surface area contributed by atoms with E-state index in [0.717, 1.165) is 25.9 Å². The van der Waals surface area contributed by atoms with Crippen LogP contribution in [0.25, 0.3) is 0 Å². The van der Waals surface area contributed by atoms with Crippen molar-refractivity contribution in [1.29, 1.82) is 0 Å². The quantitative estimate of drug-likeness (QED) is 0.683. The van der Waals surface area contributed by atoms with Gasteiger partial charge in [0, 0.05) is 13.1 Å². The largest absolute Gasteiger partial charge is 0.375 e. The van der Waals surface area contributed by atoms with Crippen molar-refractivity contribution in [2.24, 2.45) is 0 Å². The van der Waals surface area contributed by atoms with Crippen molar-refractivity contribution in [2.75, 3.05) is 26.3 Å². The van der Waals surface area contributed by atoms with Gasteiger partial charge in [-0.1, -0.05) is 12.8 Å². The van der Waals surface area contributed by atoms with Gasteiger partial charge in [0.15, 0.2) is 0 Å². The third-order valence-corrected chi connectivity index (χ3v) is 2.66. The zero-order chi connectivity index (χ0) is 11.8. The number of rotatable bonds is 5. The highest BCUT2D eigenvalue weighted by atomic mass is 19.3. The molecule has 94 valence electrons. The van der Waals surface area contributed by atoms with Crippen LogP contribution < -0.4 is 0 Å². The summed E-state index contributed by atoms with van der Waals surface area (Å²) in [5.74, 6) is 0.0242. The molecule has 0 aromatic rings. The van der Waals surface area contributed by atoms with E-state index >= 15 is 0 Å². The van der Waals surface area contributed by atoms with E-state index in [1.165, 1.54) is 12.8 Å². The Morgan fingerprint density at radius 3 is 2.38 bits per heavy atom. The zero-order valence-corrected chi connectivity index (χ0v) is 9.46. The molecule has 0 N–H and O–H groups in total. The fraction of sp³-hybridized carbons (Fsp3) is 0.909. The smallest absolute Gasteiger partial charge is 0.261 e. The van der Waals surface area contributed by atoms with E-state index in [9.17, 15) is 13.6 Å². The average molecular weight is 235 g/mol. The van der Waals surface area contributed by atoms with E-state index in [1.807, 2.05) is 4.90 Å². The maximum Gasteiger partial charge on any atom is 0.261 e. The summed E-state index contributed by atoms with van der Waals surface area (Å²) in [6.45, 7) is 1.12. The van der Waals surface area contributed by atoms with Crippen LogP contribution in [0.5, 0.6) is 0 Å². The summed E-state index contributed by atoms with van der Waals surface area (Å²) in [5.41, 5.74) is 0. The fourth-order valence-corrected chi connectivity index (χ4v) is 1.81. The maximum absolute atomic E-state index is 11.7. The van der Waals surface area contributed by atoms with Crippen molar-refractivity contribution >= 4 is 5.91 Å². The lowest BCUT2D eigenvalue weighted by molar-refractivity contribution is -0.132. The fourth-order valence-electron chi connectivity index (χ4n) is 1.81. The molecule has 0 aromatic heterocycles. The first kappa shape index (κ1) is 13.4. The number of ether oxygens (including phenoxy) is 1. The first-order valence-electron chi connectivity index (χ1n) is 5.84. The standard InChI is InChI=1S/C11H19F2NO2/c12-10(13)9-16-8-5-11(15)14-6-3-1-2-4-7-14/h10H,1-9H2. The van der Waals surface area contributed by atoms with Crippen molar-refractivity contribution in [2.45, 2.75) is 38.5 Å². The highest BCUT2D eigenvalue weighted by Crippen LogP contribution is 2.10. The molecule has 5 heteroatoms. The third-order valence-electron chi connectivity index (χ3n) is 2.66. The van der Waals surface area contributed by atoms with Gasteiger partial charge in [-0.05, 0) is 12.8 Å². The van der Waals surface area contributed by atoms with E-state index in [2.05, 4.69) is 0 Å². The number of carbonyl (C=O) groups is 1. The van der Waals surface area contributed by atoms with Crippen LogP contribution in [0.1, 0.15) is 32.1 Å². The Bertz CT molecular complexity index is 204. The van der Waals surface area contributed by atoms with E-state index in [-0.39, 0.29) is 18.9 Å². The summed E-state index contributed by atoms with van der Waals surface area (Å²) in [5, 5.41) is 0. The Balaban J connectivity index is 2.13. The summed E-state index contributed by atoms with van der Waals surface area (Å²) in [7, 11) is 0. The van der Waals surface area contributed by atoms with Crippen molar-refractivity contribution in [3.05, 3.63) is 0 Å². The number of halogens is 2. The lowest BCUT2D eigenvalue weighted by Gasteiger charge is -2.20. The van der Waals surface area contributed by atoms with Gasteiger partial charge in [-0.25, -0.2) is 8.78 Å². The molecule has 0 radical (unpaired) electrons. The molecule has 0 atom stereocenters. The predicted molar refractivity (Wildman–Crippen MR) is 56.5 cm³/mol. The van der Waals surface area contributed by atoms with Gasteiger partial charge >= 0.3 is 0 Å². The minimum Gasteiger partial charge on any atom is -0.375 e. The molecule has 0 aliphatic carbocycles. The molecule has 1 rings (SSSR count). The van der Waals surface area contributed by atoms with Crippen LogP contribution in [0, 0.1) is 0 Å². The van der Waals surface area contributed by atoms with Crippen molar-refractivity contribution < 1.29 is 18.3 Å². The number of amides is 1. The lowest BCUT2D eigenvalue weighted by Crippen LogP contribution is -2.32. The molecule has 0 bridgehead atoms. The number of carbonyl (C=O) groups excluding carboxylic acids is 1. The van der Waals surface area contributed by atoms with Crippen LogP contribution in [-0.4, -0.2) is 43.5 Å². The van der Waals surface area contributed by atoms with Crippen LogP contribution in [0.3, 0.4) is 0 Å². The van der Waals surface area contributed by atoms with Gasteiger partial charge in [-0.2, -0.15) is 0 Å². The van der Waals surface area contributed by atoms with Crippen LogP contribution in [0.2, 0.25) is 0 Å². The summed E-state index contributed by atoms with van der Waals surface area (Å²) < 4.78 is 28.2. The number of nitrogens with zero attached hydrogens (tertiary/aromatic N) is 1. The normalized spacial score (nSPS) is 17.6. The number of hydrogen-bond acceptors (Lipinski definition) is 2. The van der Waals surface area contributed by atoms with Gasteiger partial charge in [-0.3, -0.25) is 4.79 Å². The SMILES string of the molecule is O=C(CCOCC(F)F)N1CCCCCC1. The topological polar surface area (TPSA) is 29.5 Å². The highest BCUT2D eigenvalue weighted by molar-refractivity contribution is 5.76. The lowest BCUT2D eigenvalue weighted by atomic mass is 10.2. The predicted octanol–water partition coefficient (Wildman–Crippen LogP) is 2.06. The molecule has 1 amide bonds. The van der Waals surface area contributed by atoms with E-state index in [4.69, 9.17) is 4.74 Å². The van der Waals surface area contributed by atoms with E-state index in [1.54, 1.807) is 0 Å². The molecular formula is C11H19F2NO2. The average Bonchev–Trinajstić information content (AvgIpc) is 2.52.